The summed E-state index contributed by atoms with van der Waals surface area (Å²) in [5.41, 5.74) is -2.68. The molecule has 0 aromatic heterocycles. The standard InChI is InChI=1S/C18H28N2O5/c1-2-3-4-5-6-7-8-9-10-11-12-13-14-15-16-18(17-21,19(22)23)20(24)25/h9-10,17H,2-5,8,11-16H2,1H3. The Morgan fingerprint density at radius 3 is 2.20 bits per heavy atom. The first-order valence-electron chi connectivity index (χ1n) is 8.87. The van der Waals surface area contributed by atoms with Gasteiger partial charge in [-0.1, -0.05) is 50.7 Å². The van der Waals surface area contributed by atoms with Crippen LogP contribution in [0.25, 0.3) is 0 Å². The summed E-state index contributed by atoms with van der Waals surface area (Å²) in [4.78, 5) is 30.1. The van der Waals surface area contributed by atoms with Gasteiger partial charge in [-0.25, -0.2) is 0 Å². The molecule has 0 aliphatic heterocycles. The fraction of sp³-hybridized carbons (Fsp3) is 0.722. The zero-order valence-electron chi connectivity index (χ0n) is 14.9. The Morgan fingerprint density at radius 2 is 1.60 bits per heavy atom. The molecule has 0 atom stereocenters. The monoisotopic (exact) mass is 352 g/mol. The lowest BCUT2D eigenvalue weighted by Crippen LogP contribution is -2.47. The van der Waals surface area contributed by atoms with Crippen molar-refractivity contribution in [1.29, 1.82) is 0 Å². The number of hydrogen-bond donors (Lipinski definition) is 0. The number of rotatable bonds is 14. The Bertz CT molecular complexity index is 491. The van der Waals surface area contributed by atoms with Gasteiger partial charge in [-0.15, -0.1) is 5.92 Å². The van der Waals surface area contributed by atoms with Gasteiger partial charge in [0.1, 0.15) is 9.85 Å². The molecule has 0 amide bonds. The average molecular weight is 352 g/mol. The van der Waals surface area contributed by atoms with Crippen LogP contribution in [0, 0.1) is 32.1 Å². The van der Waals surface area contributed by atoms with E-state index in [1.54, 1.807) is 0 Å². The molecule has 7 nitrogen and oxygen atoms in total. The fourth-order valence-electron chi connectivity index (χ4n) is 2.28. The molecule has 0 N–H and O–H groups in total. The third-order valence-electron chi connectivity index (χ3n) is 3.90. The van der Waals surface area contributed by atoms with Gasteiger partial charge in [0.25, 0.3) is 6.29 Å². The summed E-state index contributed by atoms with van der Waals surface area (Å²) in [6, 6.07) is 0. The zero-order chi connectivity index (χ0) is 19.0. The highest BCUT2D eigenvalue weighted by atomic mass is 16.7. The number of aldehydes is 1. The van der Waals surface area contributed by atoms with E-state index in [4.69, 9.17) is 0 Å². The van der Waals surface area contributed by atoms with Gasteiger partial charge in [-0.3, -0.25) is 25.0 Å². The topological polar surface area (TPSA) is 103 Å². The molecule has 0 rings (SSSR count). The van der Waals surface area contributed by atoms with Gasteiger partial charge in [0, 0.05) is 12.8 Å². The van der Waals surface area contributed by atoms with Crippen molar-refractivity contribution in [1.82, 2.24) is 0 Å². The number of hydrogen-bond acceptors (Lipinski definition) is 5. The highest BCUT2D eigenvalue weighted by molar-refractivity contribution is 5.59. The molecule has 0 saturated carbocycles. The van der Waals surface area contributed by atoms with Crippen molar-refractivity contribution in [3.8, 4) is 11.8 Å². The summed E-state index contributed by atoms with van der Waals surface area (Å²) >= 11 is 0. The Labute approximate surface area is 149 Å². The van der Waals surface area contributed by atoms with E-state index in [-0.39, 0.29) is 19.1 Å². The molecular weight excluding hydrogens is 324 g/mol. The smallest absolute Gasteiger partial charge is 0.287 e. The summed E-state index contributed by atoms with van der Waals surface area (Å²) in [5.74, 6) is 6.24. The van der Waals surface area contributed by atoms with Crippen LogP contribution < -0.4 is 0 Å². The molecule has 0 aliphatic rings. The predicted octanol–water partition coefficient (Wildman–Crippen LogP) is 4.31. The molecule has 140 valence electrons. The van der Waals surface area contributed by atoms with Crippen LogP contribution in [0.3, 0.4) is 0 Å². The van der Waals surface area contributed by atoms with E-state index in [9.17, 15) is 25.0 Å². The quantitative estimate of drug-likeness (QED) is 0.0881. The molecule has 25 heavy (non-hydrogen) atoms. The van der Waals surface area contributed by atoms with Crippen molar-refractivity contribution < 1.29 is 14.6 Å². The highest BCUT2D eigenvalue weighted by Crippen LogP contribution is 2.18. The average Bonchev–Trinajstić information content (AvgIpc) is 2.58. The maximum atomic E-state index is 10.8. The van der Waals surface area contributed by atoms with Gasteiger partial charge in [0.2, 0.25) is 0 Å². The van der Waals surface area contributed by atoms with Crippen molar-refractivity contribution in [2.45, 2.75) is 83.2 Å². The van der Waals surface area contributed by atoms with Gasteiger partial charge >= 0.3 is 5.66 Å². The van der Waals surface area contributed by atoms with Crippen molar-refractivity contribution in [2.75, 3.05) is 0 Å². The summed E-state index contributed by atoms with van der Waals surface area (Å²) in [5, 5.41) is 21.5. The van der Waals surface area contributed by atoms with E-state index < -0.39 is 15.5 Å². The van der Waals surface area contributed by atoms with Gasteiger partial charge in [0.15, 0.2) is 0 Å². The Hall–Kier alpha value is -2.23. The summed E-state index contributed by atoms with van der Waals surface area (Å²) < 4.78 is 0. The molecule has 0 aliphatic carbocycles. The molecule has 0 spiro atoms. The van der Waals surface area contributed by atoms with Crippen molar-refractivity contribution in [3.63, 3.8) is 0 Å². The fourth-order valence-corrected chi connectivity index (χ4v) is 2.28. The summed E-state index contributed by atoms with van der Waals surface area (Å²) in [7, 11) is 0. The van der Waals surface area contributed by atoms with Crippen molar-refractivity contribution in [3.05, 3.63) is 32.4 Å². The van der Waals surface area contributed by atoms with E-state index in [0.717, 1.165) is 38.5 Å². The molecule has 0 aromatic carbocycles. The SMILES string of the molecule is CCCCCC#CCC=CCCCCCCC(C=O)([N+](=O)[O-])[N+](=O)[O-]. The largest absolute Gasteiger partial charge is 0.512 e. The van der Waals surface area contributed by atoms with Gasteiger partial charge in [-0.2, -0.15) is 0 Å². The molecule has 0 fully saturated rings. The number of allylic oxidation sites excluding steroid dienone is 2. The van der Waals surface area contributed by atoms with E-state index in [1.165, 1.54) is 12.8 Å². The minimum Gasteiger partial charge on any atom is -0.287 e. The Morgan fingerprint density at radius 1 is 0.920 bits per heavy atom. The third-order valence-corrected chi connectivity index (χ3v) is 3.90. The summed E-state index contributed by atoms with van der Waals surface area (Å²) in [6.45, 7) is 2.17. The number of carbonyl (C=O) groups is 1. The molecular formula is C18H28N2O5. The number of nitrogens with zero attached hydrogens (tertiary/aromatic N) is 2. The molecule has 7 heteroatoms. The molecule has 0 aromatic rings. The second-order valence-electron chi connectivity index (χ2n) is 5.95. The van der Waals surface area contributed by atoms with Gasteiger partial charge in [0.05, 0.1) is 6.42 Å². The van der Waals surface area contributed by atoms with Crippen LogP contribution in [0.15, 0.2) is 12.2 Å². The van der Waals surface area contributed by atoms with Crippen LogP contribution in [0.2, 0.25) is 0 Å². The highest BCUT2D eigenvalue weighted by Gasteiger charge is 2.55. The van der Waals surface area contributed by atoms with Gasteiger partial charge < -0.3 is 0 Å². The van der Waals surface area contributed by atoms with E-state index in [2.05, 4.69) is 24.8 Å². The van der Waals surface area contributed by atoms with E-state index in [0.29, 0.717) is 6.42 Å². The van der Waals surface area contributed by atoms with Crippen LogP contribution in [0.5, 0.6) is 0 Å². The second kappa shape index (κ2) is 14.1. The van der Waals surface area contributed by atoms with Gasteiger partial charge in [-0.05, 0) is 25.7 Å². The zero-order valence-corrected chi connectivity index (χ0v) is 14.9. The van der Waals surface area contributed by atoms with Crippen LogP contribution in [-0.4, -0.2) is 21.8 Å². The van der Waals surface area contributed by atoms with Crippen LogP contribution in [0.1, 0.15) is 77.6 Å². The lowest BCUT2D eigenvalue weighted by atomic mass is 10.0. The third kappa shape index (κ3) is 9.60. The molecule has 0 saturated heterocycles. The summed E-state index contributed by atoms with van der Waals surface area (Å²) in [6.07, 6.45) is 12.4. The molecule has 0 bridgehead atoms. The van der Waals surface area contributed by atoms with E-state index in [1.807, 2.05) is 6.08 Å². The first-order valence-corrected chi connectivity index (χ1v) is 8.87. The van der Waals surface area contributed by atoms with Crippen LogP contribution >= 0.6 is 0 Å². The Kier molecular flexibility index (Phi) is 12.9. The van der Waals surface area contributed by atoms with Crippen LogP contribution in [0.4, 0.5) is 0 Å². The predicted molar refractivity (Wildman–Crippen MR) is 96.2 cm³/mol. The second-order valence-corrected chi connectivity index (χ2v) is 5.95. The maximum absolute atomic E-state index is 10.8. The minimum absolute atomic E-state index is 0.168. The van der Waals surface area contributed by atoms with Crippen molar-refractivity contribution in [2.24, 2.45) is 0 Å². The number of nitro groups is 2. The van der Waals surface area contributed by atoms with E-state index >= 15 is 0 Å². The number of unbranched alkanes of at least 4 members (excludes halogenated alkanes) is 7. The maximum Gasteiger partial charge on any atom is 0.512 e. The lowest BCUT2D eigenvalue weighted by molar-refractivity contribution is -0.774. The Balaban J connectivity index is 3.79. The molecule has 0 heterocycles. The first-order chi connectivity index (χ1) is 12.0. The van der Waals surface area contributed by atoms with Crippen molar-refractivity contribution >= 4 is 6.29 Å². The minimum atomic E-state index is -2.68. The molecule has 0 radical (unpaired) electrons. The normalized spacial score (nSPS) is 11.1. The first kappa shape index (κ1) is 22.8. The number of carbonyl (C=O) groups excluding carboxylic acids is 1. The molecule has 0 unspecified atom stereocenters. The lowest BCUT2D eigenvalue weighted by Gasteiger charge is -2.10. The van der Waals surface area contributed by atoms with Crippen LogP contribution in [-0.2, 0) is 4.79 Å².